The molecule has 0 fully saturated rings. The van der Waals surface area contributed by atoms with E-state index in [9.17, 15) is 9.59 Å². The monoisotopic (exact) mass is 314 g/mol. The Hall–Kier alpha value is -1.40. The summed E-state index contributed by atoms with van der Waals surface area (Å²) in [6, 6.07) is 4.44. The minimum atomic E-state index is -1.01. The summed E-state index contributed by atoms with van der Waals surface area (Å²) >= 11 is 3.23. The molecule has 98 valence electrons. The fourth-order valence-electron chi connectivity index (χ4n) is 1.14. The summed E-state index contributed by atoms with van der Waals surface area (Å²) in [4.78, 5) is 22.7. The quantitative estimate of drug-likeness (QED) is 0.795. The Kier molecular flexibility index (Phi) is 4.48. The van der Waals surface area contributed by atoms with Crippen molar-refractivity contribution in [2.75, 3.05) is 12.4 Å². The van der Waals surface area contributed by atoms with Crippen molar-refractivity contribution in [3.05, 3.63) is 28.2 Å². The third-order valence-corrected chi connectivity index (χ3v) is 3.31. The molecule has 1 amide bonds. The van der Waals surface area contributed by atoms with Crippen LogP contribution in [0, 0.1) is 0 Å². The molecule has 0 aliphatic heterocycles. The number of carbonyl (C=O) groups is 2. The van der Waals surface area contributed by atoms with Crippen LogP contribution in [-0.2, 0) is 4.79 Å². The van der Waals surface area contributed by atoms with Gasteiger partial charge in [-0.25, -0.2) is 4.79 Å². The van der Waals surface area contributed by atoms with Crippen LogP contribution in [0.4, 0.5) is 5.69 Å². The van der Waals surface area contributed by atoms with Gasteiger partial charge in [-0.1, -0.05) is 0 Å². The maximum absolute atomic E-state index is 11.9. The average Bonchev–Trinajstić information content (AvgIpc) is 2.31. The largest absolute Gasteiger partial charge is 0.478 e. The van der Waals surface area contributed by atoms with E-state index in [2.05, 4.69) is 26.6 Å². The molecule has 0 radical (unpaired) electrons. The first-order chi connectivity index (χ1) is 8.27. The Morgan fingerprint density at radius 2 is 1.94 bits per heavy atom. The van der Waals surface area contributed by atoms with Crippen molar-refractivity contribution in [2.24, 2.45) is 0 Å². The number of rotatable bonds is 4. The zero-order valence-corrected chi connectivity index (χ0v) is 12.0. The number of anilines is 1. The van der Waals surface area contributed by atoms with E-state index in [1.54, 1.807) is 27.0 Å². The lowest BCUT2D eigenvalue weighted by Gasteiger charge is -2.23. The van der Waals surface area contributed by atoms with Crippen LogP contribution in [-0.4, -0.2) is 29.6 Å². The molecule has 0 aromatic heterocycles. The van der Waals surface area contributed by atoms with Gasteiger partial charge in [-0.2, -0.15) is 0 Å². The molecule has 1 rings (SSSR count). The average molecular weight is 315 g/mol. The highest BCUT2D eigenvalue weighted by Gasteiger charge is 2.25. The first-order valence-electron chi connectivity index (χ1n) is 5.31. The van der Waals surface area contributed by atoms with Crippen LogP contribution in [0.15, 0.2) is 22.7 Å². The molecule has 1 aromatic carbocycles. The first kappa shape index (κ1) is 14.7. The van der Waals surface area contributed by atoms with E-state index >= 15 is 0 Å². The van der Waals surface area contributed by atoms with E-state index in [1.807, 2.05) is 0 Å². The molecular weight excluding hydrogens is 300 g/mol. The van der Waals surface area contributed by atoms with Crippen LogP contribution < -0.4 is 10.6 Å². The van der Waals surface area contributed by atoms with Crippen LogP contribution in [0.5, 0.6) is 0 Å². The Morgan fingerprint density at radius 3 is 2.39 bits per heavy atom. The van der Waals surface area contributed by atoms with Crippen molar-refractivity contribution < 1.29 is 14.7 Å². The van der Waals surface area contributed by atoms with E-state index in [4.69, 9.17) is 5.11 Å². The van der Waals surface area contributed by atoms with E-state index in [0.29, 0.717) is 10.2 Å². The smallest absolute Gasteiger partial charge is 0.335 e. The van der Waals surface area contributed by atoms with Gasteiger partial charge in [0.1, 0.15) is 0 Å². The number of benzene rings is 1. The molecule has 0 heterocycles. The number of aromatic carboxylic acids is 1. The topological polar surface area (TPSA) is 78.4 Å². The molecule has 1 aromatic rings. The van der Waals surface area contributed by atoms with Crippen molar-refractivity contribution in [3.63, 3.8) is 0 Å². The zero-order valence-electron chi connectivity index (χ0n) is 10.4. The highest BCUT2D eigenvalue weighted by molar-refractivity contribution is 9.10. The lowest BCUT2D eigenvalue weighted by Crippen LogP contribution is -2.47. The lowest BCUT2D eigenvalue weighted by molar-refractivity contribution is -0.121. The summed E-state index contributed by atoms with van der Waals surface area (Å²) in [6.45, 7) is 3.50. The van der Waals surface area contributed by atoms with Crippen LogP contribution in [0.2, 0.25) is 0 Å². The molecule has 0 unspecified atom stereocenters. The number of halogens is 1. The van der Waals surface area contributed by atoms with Crippen LogP contribution in [0.25, 0.3) is 0 Å². The second-order valence-corrected chi connectivity index (χ2v) is 5.18. The molecule has 0 saturated heterocycles. The SMILES string of the molecule is CNC(C)(C)C(=O)Nc1ccc(C(=O)O)cc1Br. The van der Waals surface area contributed by atoms with E-state index in [1.165, 1.54) is 12.1 Å². The lowest BCUT2D eigenvalue weighted by atomic mass is 10.0. The maximum Gasteiger partial charge on any atom is 0.335 e. The normalized spacial score (nSPS) is 11.1. The molecule has 5 nitrogen and oxygen atoms in total. The number of carboxylic acid groups (broad SMARTS) is 1. The number of carbonyl (C=O) groups excluding carboxylic acids is 1. The van der Waals surface area contributed by atoms with Crippen molar-refractivity contribution in [2.45, 2.75) is 19.4 Å². The molecule has 0 atom stereocenters. The minimum absolute atomic E-state index is 0.160. The van der Waals surface area contributed by atoms with Crippen molar-refractivity contribution in [1.82, 2.24) is 5.32 Å². The molecule has 18 heavy (non-hydrogen) atoms. The van der Waals surface area contributed by atoms with Gasteiger partial charge in [0.15, 0.2) is 0 Å². The molecule has 0 saturated carbocycles. The Bertz CT molecular complexity index is 486. The van der Waals surface area contributed by atoms with Crippen LogP contribution >= 0.6 is 15.9 Å². The number of likely N-dealkylation sites (N-methyl/N-ethyl adjacent to an activating group) is 1. The van der Waals surface area contributed by atoms with Gasteiger partial charge in [-0.15, -0.1) is 0 Å². The summed E-state index contributed by atoms with van der Waals surface area (Å²) in [5, 5.41) is 14.4. The van der Waals surface area contributed by atoms with Gasteiger partial charge in [0, 0.05) is 4.47 Å². The summed E-state index contributed by atoms with van der Waals surface area (Å²) in [5.74, 6) is -1.21. The van der Waals surface area contributed by atoms with Gasteiger partial charge < -0.3 is 15.7 Å². The predicted molar refractivity (Wildman–Crippen MR) is 72.9 cm³/mol. The summed E-state index contributed by atoms with van der Waals surface area (Å²) < 4.78 is 0.530. The van der Waals surface area contributed by atoms with E-state index in [-0.39, 0.29) is 11.5 Å². The predicted octanol–water partition coefficient (Wildman–Crippen LogP) is 2.08. The van der Waals surface area contributed by atoms with E-state index in [0.717, 1.165) is 0 Å². The van der Waals surface area contributed by atoms with Crippen LogP contribution in [0.1, 0.15) is 24.2 Å². The Labute approximate surface area is 114 Å². The van der Waals surface area contributed by atoms with Crippen molar-refractivity contribution in [1.29, 1.82) is 0 Å². The van der Waals surface area contributed by atoms with Gasteiger partial charge in [-0.3, -0.25) is 4.79 Å². The molecule has 0 spiro atoms. The number of nitrogens with one attached hydrogen (secondary N) is 2. The highest BCUT2D eigenvalue weighted by atomic mass is 79.9. The Morgan fingerprint density at radius 1 is 1.33 bits per heavy atom. The summed E-state index contributed by atoms with van der Waals surface area (Å²) in [7, 11) is 1.70. The molecule has 0 aliphatic rings. The van der Waals surface area contributed by atoms with E-state index < -0.39 is 11.5 Å². The van der Waals surface area contributed by atoms with Gasteiger partial charge in [0.05, 0.1) is 16.8 Å². The zero-order chi connectivity index (χ0) is 13.9. The third kappa shape index (κ3) is 3.30. The fraction of sp³-hybridized carbons (Fsp3) is 0.333. The number of carboxylic acids is 1. The van der Waals surface area contributed by atoms with Gasteiger partial charge in [-0.05, 0) is 55.0 Å². The van der Waals surface area contributed by atoms with Crippen molar-refractivity contribution >= 4 is 33.5 Å². The minimum Gasteiger partial charge on any atom is -0.478 e. The van der Waals surface area contributed by atoms with Gasteiger partial charge in [0.2, 0.25) is 5.91 Å². The Balaban J connectivity index is 2.93. The van der Waals surface area contributed by atoms with Gasteiger partial charge >= 0.3 is 5.97 Å². The first-order valence-corrected chi connectivity index (χ1v) is 6.10. The fourth-order valence-corrected chi connectivity index (χ4v) is 1.62. The summed E-state index contributed by atoms with van der Waals surface area (Å²) in [5.41, 5.74) is -0.00802. The van der Waals surface area contributed by atoms with Gasteiger partial charge in [0.25, 0.3) is 0 Å². The number of hydrogen-bond donors (Lipinski definition) is 3. The second-order valence-electron chi connectivity index (χ2n) is 4.33. The highest BCUT2D eigenvalue weighted by Crippen LogP contribution is 2.24. The standard InChI is InChI=1S/C12H15BrN2O3/c1-12(2,14-3)11(18)15-9-5-4-7(10(16)17)6-8(9)13/h4-6,14H,1-3H3,(H,15,18)(H,16,17). The molecule has 0 aliphatic carbocycles. The second kappa shape index (κ2) is 5.49. The molecule has 0 bridgehead atoms. The van der Waals surface area contributed by atoms with Crippen LogP contribution in [0.3, 0.4) is 0 Å². The molecule has 6 heteroatoms. The molecular formula is C12H15BrN2O3. The maximum atomic E-state index is 11.9. The summed E-state index contributed by atoms with van der Waals surface area (Å²) in [6.07, 6.45) is 0. The van der Waals surface area contributed by atoms with Crippen molar-refractivity contribution in [3.8, 4) is 0 Å². The number of hydrogen-bond acceptors (Lipinski definition) is 3. The number of amides is 1. The third-order valence-electron chi connectivity index (χ3n) is 2.66. The molecule has 3 N–H and O–H groups in total.